The SMILES string of the molecule is CCCNCc1ccc(N2CCCC(C)(OC)C2)nn1. The first-order chi connectivity index (χ1) is 9.67. The van der Waals surface area contributed by atoms with Gasteiger partial charge in [-0.25, -0.2) is 0 Å². The summed E-state index contributed by atoms with van der Waals surface area (Å²) in [5.41, 5.74) is 0.926. The van der Waals surface area contributed by atoms with Gasteiger partial charge in [0.25, 0.3) is 0 Å². The first-order valence-corrected chi connectivity index (χ1v) is 7.50. The van der Waals surface area contributed by atoms with Crippen molar-refractivity contribution in [3.05, 3.63) is 17.8 Å². The molecule has 2 rings (SSSR count). The van der Waals surface area contributed by atoms with Crippen molar-refractivity contribution >= 4 is 5.82 Å². The molecule has 0 bridgehead atoms. The topological polar surface area (TPSA) is 50.3 Å². The molecule has 1 atom stereocenters. The lowest BCUT2D eigenvalue weighted by Gasteiger charge is -2.39. The molecule has 1 fully saturated rings. The minimum absolute atomic E-state index is 0.0682. The Bertz CT molecular complexity index is 409. The molecule has 2 heterocycles. The second-order valence-corrected chi connectivity index (χ2v) is 5.74. The lowest BCUT2D eigenvalue weighted by Crippen LogP contribution is -2.47. The largest absolute Gasteiger partial charge is 0.377 e. The van der Waals surface area contributed by atoms with E-state index in [1.807, 2.05) is 0 Å². The van der Waals surface area contributed by atoms with Crippen molar-refractivity contribution < 1.29 is 4.74 Å². The highest BCUT2D eigenvalue weighted by Gasteiger charge is 2.31. The number of ether oxygens (including phenoxy) is 1. The monoisotopic (exact) mass is 278 g/mol. The van der Waals surface area contributed by atoms with Crippen LogP contribution in [0.5, 0.6) is 0 Å². The molecule has 112 valence electrons. The van der Waals surface area contributed by atoms with Crippen molar-refractivity contribution in [3.8, 4) is 0 Å². The van der Waals surface area contributed by atoms with E-state index in [1.165, 1.54) is 0 Å². The van der Waals surface area contributed by atoms with Crippen LogP contribution in [0.3, 0.4) is 0 Å². The zero-order valence-corrected chi connectivity index (χ0v) is 12.9. The van der Waals surface area contributed by atoms with E-state index in [4.69, 9.17) is 4.74 Å². The Kier molecular flexibility index (Phi) is 5.31. The zero-order valence-electron chi connectivity index (χ0n) is 12.9. The van der Waals surface area contributed by atoms with E-state index in [2.05, 4.69) is 46.4 Å². The van der Waals surface area contributed by atoms with Crippen LogP contribution in [0.4, 0.5) is 5.82 Å². The minimum atomic E-state index is -0.0682. The fraction of sp³-hybridized carbons (Fsp3) is 0.733. The highest BCUT2D eigenvalue weighted by atomic mass is 16.5. The molecule has 0 spiro atoms. The van der Waals surface area contributed by atoms with Gasteiger partial charge in [0.05, 0.1) is 11.3 Å². The van der Waals surface area contributed by atoms with Crippen LogP contribution in [0.1, 0.15) is 38.8 Å². The average Bonchev–Trinajstić information content (AvgIpc) is 2.48. The van der Waals surface area contributed by atoms with Crippen LogP contribution < -0.4 is 10.2 Å². The summed E-state index contributed by atoms with van der Waals surface area (Å²) in [7, 11) is 1.79. The third-order valence-electron chi connectivity index (χ3n) is 3.91. The van der Waals surface area contributed by atoms with E-state index < -0.39 is 0 Å². The number of nitrogens with zero attached hydrogens (tertiary/aromatic N) is 3. The predicted octanol–water partition coefficient (Wildman–Crippen LogP) is 1.98. The Hall–Kier alpha value is -1.20. The van der Waals surface area contributed by atoms with Crippen molar-refractivity contribution in [1.29, 1.82) is 0 Å². The molecule has 1 unspecified atom stereocenters. The lowest BCUT2D eigenvalue weighted by molar-refractivity contribution is -0.00484. The van der Waals surface area contributed by atoms with E-state index >= 15 is 0 Å². The van der Waals surface area contributed by atoms with E-state index in [1.54, 1.807) is 7.11 Å². The number of nitrogens with one attached hydrogen (secondary N) is 1. The molecular formula is C15H26N4O. The van der Waals surface area contributed by atoms with Crippen molar-refractivity contribution in [2.24, 2.45) is 0 Å². The van der Waals surface area contributed by atoms with Crippen LogP contribution in [0.15, 0.2) is 12.1 Å². The molecule has 5 nitrogen and oxygen atoms in total. The third kappa shape index (κ3) is 3.90. The fourth-order valence-corrected chi connectivity index (χ4v) is 2.58. The molecule has 1 aliphatic heterocycles. The summed E-state index contributed by atoms with van der Waals surface area (Å²) in [6.07, 6.45) is 3.37. The number of methoxy groups -OCH3 is 1. The van der Waals surface area contributed by atoms with Gasteiger partial charge in [0.1, 0.15) is 0 Å². The number of rotatable bonds is 6. The summed E-state index contributed by atoms with van der Waals surface area (Å²) in [5.74, 6) is 0.951. The van der Waals surface area contributed by atoms with Crippen LogP contribution >= 0.6 is 0 Å². The highest BCUT2D eigenvalue weighted by molar-refractivity contribution is 5.38. The molecule has 0 radical (unpaired) electrons. The van der Waals surface area contributed by atoms with E-state index in [0.717, 1.165) is 57.0 Å². The summed E-state index contributed by atoms with van der Waals surface area (Å²) in [4.78, 5) is 2.27. The van der Waals surface area contributed by atoms with Gasteiger partial charge in [-0.1, -0.05) is 6.92 Å². The van der Waals surface area contributed by atoms with Crippen molar-refractivity contribution in [3.63, 3.8) is 0 Å². The normalized spacial score (nSPS) is 23.1. The fourth-order valence-electron chi connectivity index (χ4n) is 2.58. The van der Waals surface area contributed by atoms with Gasteiger partial charge in [-0.3, -0.25) is 0 Å². The summed E-state index contributed by atoms with van der Waals surface area (Å²) >= 11 is 0. The van der Waals surface area contributed by atoms with Gasteiger partial charge < -0.3 is 15.0 Å². The Morgan fingerprint density at radius 3 is 2.90 bits per heavy atom. The zero-order chi connectivity index (χ0) is 14.4. The van der Waals surface area contributed by atoms with Crippen LogP contribution in [0.2, 0.25) is 0 Å². The summed E-state index contributed by atoms with van der Waals surface area (Å²) in [5, 5.41) is 12.0. The maximum atomic E-state index is 5.62. The van der Waals surface area contributed by atoms with Crippen molar-refractivity contribution in [2.75, 3.05) is 31.6 Å². The molecule has 5 heteroatoms. The molecule has 0 amide bonds. The Morgan fingerprint density at radius 1 is 1.40 bits per heavy atom. The molecule has 0 aromatic carbocycles. The Labute approximate surface area is 121 Å². The first kappa shape index (κ1) is 15.2. The van der Waals surface area contributed by atoms with Crippen molar-refractivity contribution in [2.45, 2.75) is 45.3 Å². The number of hydrogen-bond acceptors (Lipinski definition) is 5. The number of piperidine rings is 1. The first-order valence-electron chi connectivity index (χ1n) is 7.50. The van der Waals surface area contributed by atoms with E-state index in [0.29, 0.717) is 0 Å². The van der Waals surface area contributed by atoms with Gasteiger partial charge in [-0.05, 0) is 44.9 Å². The van der Waals surface area contributed by atoms with Crippen molar-refractivity contribution in [1.82, 2.24) is 15.5 Å². The van der Waals surface area contributed by atoms with Gasteiger partial charge in [-0.2, -0.15) is 5.10 Å². The second kappa shape index (κ2) is 6.99. The van der Waals surface area contributed by atoms with Crippen LogP contribution in [-0.2, 0) is 11.3 Å². The molecule has 1 aliphatic rings. The van der Waals surface area contributed by atoms with Crippen LogP contribution in [0.25, 0.3) is 0 Å². The molecule has 0 saturated carbocycles. The second-order valence-electron chi connectivity index (χ2n) is 5.74. The van der Waals surface area contributed by atoms with E-state index in [-0.39, 0.29) is 5.60 Å². The summed E-state index contributed by atoms with van der Waals surface area (Å²) < 4.78 is 5.62. The Morgan fingerprint density at radius 2 is 2.25 bits per heavy atom. The quantitative estimate of drug-likeness (QED) is 0.806. The lowest BCUT2D eigenvalue weighted by atomic mass is 9.95. The van der Waals surface area contributed by atoms with Gasteiger partial charge >= 0.3 is 0 Å². The maximum absolute atomic E-state index is 5.62. The molecule has 1 aromatic heterocycles. The smallest absolute Gasteiger partial charge is 0.151 e. The van der Waals surface area contributed by atoms with Gasteiger partial charge in [0.2, 0.25) is 0 Å². The molecule has 20 heavy (non-hydrogen) atoms. The number of anilines is 1. The Balaban J connectivity index is 1.95. The summed E-state index contributed by atoms with van der Waals surface area (Å²) in [6, 6.07) is 4.13. The predicted molar refractivity (Wildman–Crippen MR) is 80.9 cm³/mol. The van der Waals surface area contributed by atoms with Gasteiger partial charge in [0, 0.05) is 26.7 Å². The summed E-state index contributed by atoms with van der Waals surface area (Å²) in [6.45, 7) is 8.03. The third-order valence-corrected chi connectivity index (χ3v) is 3.91. The maximum Gasteiger partial charge on any atom is 0.151 e. The van der Waals surface area contributed by atoms with Gasteiger partial charge in [-0.15, -0.1) is 5.10 Å². The van der Waals surface area contributed by atoms with E-state index in [9.17, 15) is 0 Å². The number of hydrogen-bond donors (Lipinski definition) is 1. The molecule has 1 aromatic rings. The molecular weight excluding hydrogens is 252 g/mol. The molecule has 0 aliphatic carbocycles. The van der Waals surface area contributed by atoms with Gasteiger partial charge in [0.15, 0.2) is 5.82 Å². The number of aromatic nitrogens is 2. The van der Waals surface area contributed by atoms with Crippen LogP contribution in [0, 0.1) is 0 Å². The average molecular weight is 278 g/mol. The highest BCUT2D eigenvalue weighted by Crippen LogP contribution is 2.26. The minimum Gasteiger partial charge on any atom is -0.377 e. The van der Waals surface area contributed by atoms with Crippen LogP contribution in [-0.4, -0.2) is 42.5 Å². The standard InChI is InChI=1S/C15H26N4O/c1-4-9-16-11-13-6-7-14(18-17-13)19-10-5-8-15(2,12-19)20-3/h6-7,16H,4-5,8-12H2,1-3H3. The molecule has 1 N–H and O–H groups in total. The molecule has 1 saturated heterocycles.